The van der Waals surface area contributed by atoms with Crippen LogP contribution < -0.4 is 11.4 Å². The van der Waals surface area contributed by atoms with E-state index in [1.807, 2.05) is 6.92 Å². The number of aryl methyl sites for hydroxylation is 2. The third-order valence-electron chi connectivity index (χ3n) is 2.67. The van der Waals surface area contributed by atoms with Crippen molar-refractivity contribution in [3.05, 3.63) is 21.7 Å². The molecule has 0 saturated heterocycles. The predicted molar refractivity (Wildman–Crippen MR) is 71.6 cm³/mol. The first-order chi connectivity index (χ1) is 8.95. The summed E-state index contributed by atoms with van der Waals surface area (Å²) in [5.74, 6) is -0.0472. The second-order valence-electron chi connectivity index (χ2n) is 3.96. The number of H-pyrrole nitrogens is 1. The molecule has 0 radical (unpaired) electrons. The maximum Gasteiger partial charge on any atom is 0.343 e. The molecule has 0 saturated carbocycles. The molecule has 102 valence electrons. The van der Waals surface area contributed by atoms with Crippen molar-refractivity contribution in [1.82, 2.24) is 24.5 Å². The number of hydrogen-bond acceptors (Lipinski definition) is 5. The summed E-state index contributed by atoms with van der Waals surface area (Å²) < 4.78 is 3.15. The Morgan fingerprint density at radius 1 is 1.58 bits per heavy atom. The molecule has 2 aromatic heterocycles. The first-order valence-corrected chi connectivity index (χ1v) is 6.48. The van der Waals surface area contributed by atoms with Crippen LogP contribution in [0.25, 0.3) is 0 Å². The second-order valence-corrected chi connectivity index (χ2v) is 4.92. The van der Waals surface area contributed by atoms with Crippen LogP contribution >= 0.6 is 11.8 Å². The van der Waals surface area contributed by atoms with Gasteiger partial charge in [0, 0.05) is 13.6 Å². The number of rotatable bonds is 4. The van der Waals surface area contributed by atoms with Crippen LogP contribution in [-0.2, 0) is 13.6 Å². The number of aromatic nitrogens is 5. The summed E-state index contributed by atoms with van der Waals surface area (Å²) in [5.41, 5.74) is 6.58. The quantitative estimate of drug-likeness (QED) is 0.541. The van der Waals surface area contributed by atoms with Crippen LogP contribution in [0.5, 0.6) is 0 Å². The molecule has 8 nitrogen and oxygen atoms in total. The number of nitrogens with two attached hydrogens (primary N) is 1. The van der Waals surface area contributed by atoms with Gasteiger partial charge in [-0.2, -0.15) is 5.10 Å². The highest BCUT2D eigenvalue weighted by Gasteiger charge is 2.19. The lowest BCUT2D eigenvalue weighted by Gasteiger charge is -2.05. The van der Waals surface area contributed by atoms with Gasteiger partial charge in [0.05, 0.1) is 11.3 Å². The zero-order chi connectivity index (χ0) is 14.2. The topological polar surface area (TPSA) is 118 Å². The Morgan fingerprint density at radius 2 is 2.26 bits per heavy atom. The number of nitrogens with zero attached hydrogens (tertiary/aromatic N) is 4. The van der Waals surface area contributed by atoms with Crippen molar-refractivity contribution < 1.29 is 0 Å². The average molecular weight is 281 g/mol. The van der Waals surface area contributed by atoms with Crippen LogP contribution in [0.1, 0.15) is 18.2 Å². The van der Waals surface area contributed by atoms with E-state index in [1.54, 1.807) is 18.7 Å². The first kappa shape index (κ1) is 13.4. The Labute approximate surface area is 113 Å². The summed E-state index contributed by atoms with van der Waals surface area (Å²) in [5, 5.41) is 19.4. The molecule has 0 aliphatic heterocycles. The molecule has 0 bridgehead atoms. The molecule has 0 spiro atoms. The third-order valence-corrected chi connectivity index (χ3v) is 3.82. The number of amidine groups is 1. The van der Waals surface area contributed by atoms with E-state index in [1.165, 1.54) is 16.3 Å². The van der Waals surface area contributed by atoms with Crippen LogP contribution in [0.4, 0.5) is 0 Å². The first-order valence-electron chi connectivity index (χ1n) is 5.66. The molecule has 4 N–H and O–H groups in total. The van der Waals surface area contributed by atoms with Crippen molar-refractivity contribution >= 4 is 17.6 Å². The lowest BCUT2D eigenvalue weighted by atomic mass is 10.2. The fraction of sp³-hybridized carbons (Fsp3) is 0.400. The van der Waals surface area contributed by atoms with Gasteiger partial charge in [-0.1, -0.05) is 0 Å². The van der Waals surface area contributed by atoms with Gasteiger partial charge in [0.2, 0.25) is 0 Å². The van der Waals surface area contributed by atoms with Crippen LogP contribution in [-0.4, -0.2) is 30.4 Å². The summed E-state index contributed by atoms with van der Waals surface area (Å²) in [6.45, 7) is 4.17. The van der Waals surface area contributed by atoms with Gasteiger partial charge in [0.1, 0.15) is 10.9 Å². The summed E-state index contributed by atoms with van der Waals surface area (Å²) in [6.07, 6.45) is 0. The van der Waals surface area contributed by atoms with E-state index in [9.17, 15) is 4.79 Å². The van der Waals surface area contributed by atoms with Crippen LogP contribution in [0.3, 0.4) is 0 Å². The molecule has 2 rings (SSSR count). The maximum absolute atomic E-state index is 11.5. The second kappa shape index (κ2) is 4.92. The average Bonchev–Trinajstić information content (AvgIpc) is 2.80. The van der Waals surface area contributed by atoms with Crippen LogP contribution in [0.15, 0.2) is 15.0 Å². The summed E-state index contributed by atoms with van der Waals surface area (Å²) >= 11 is 1.26. The Balaban J connectivity index is 2.49. The Morgan fingerprint density at radius 3 is 2.84 bits per heavy atom. The molecule has 0 unspecified atom stereocenters. The molecule has 0 aliphatic rings. The molecule has 0 aliphatic carbocycles. The highest BCUT2D eigenvalue weighted by Crippen LogP contribution is 2.29. The van der Waals surface area contributed by atoms with Gasteiger partial charge in [0.15, 0.2) is 5.16 Å². The van der Waals surface area contributed by atoms with Gasteiger partial charge in [-0.3, -0.25) is 14.7 Å². The molecule has 0 fully saturated rings. The van der Waals surface area contributed by atoms with Crippen molar-refractivity contribution in [3.63, 3.8) is 0 Å². The fourth-order valence-electron chi connectivity index (χ4n) is 1.81. The van der Waals surface area contributed by atoms with Crippen molar-refractivity contribution in [2.75, 3.05) is 0 Å². The minimum atomic E-state index is -0.256. The highest BCUT2D eigenvalue weighted by molar-refractivity contribution is 7.99. The molecule has 2 aromatic rings. The Hall–Kier alpha value is -2.03. The van der Waals surface area contributed by atoms with Crippen molar-refractivity contribution in [1.29, 1.82) is 5.41 Å². The molecular formula is C10H15N7OS. The zero-order valence-electron chi connectivity index (χ0n) is 10.9. The van der Waals surface area contributed by atoms with E-state index < -0.39 is 0 Å². The summed E-state index contributed by atoms with van der Waals surface area (Å²) in [4.78, 5) is 11.5. The van der Waals surface area contributed by atoms with Gasteiger partial charge < -0.3 is 5.73 Å². The largest absolute Gasteiger partial charge is 0.384 e. The summed E-state index contributed by atoms with van der Waals surface area (Å²) in [7, 11) is 1.77. The van der Waals surface area contributed by atoms with E-state index in [0.29, 0.717) is 28.0 Å². The van der Waals surface area contributed by atoms with E-state index in [4.69, 9.17) is 11.1 Å². The van der Waals surface area contributed by atoms with Gasteiger partial charge >= 0.3 is 5.69 Å². The molecule has 9 heteroatoms. The lowest BCUT2D eigenvalue weighted by molar-refractivity contribution is 0.653. The Bertz CT molecular complexity index is 681. The van der Waals surface area contributed by atoms with Crippen molar-refractivity contribution in [2.45, 2.75) is 30.6 Å². The SMILES string of the molecule is CCn1c(Sc2c(C(=N)N)c(C)nn2C)n[nH]c1=O. The number of nitrogens with one attached hydrogen (secondary N) is 2. The standard InChI is InChI=1S/C10H15N7OS/c1-4-17-9(18)13-14-10(17)19-8-6(7(11)12)5(2)15-16(8)3/h4H2,1-3H3,(H3,11,12)(H,13,18). The molecule has 0 atom stereocenters. The van der Waals surface area contributed by atoms with Gasteiger partial charge in [0.25, 0.3) is 0 Å². The number of nitrogen functional groups attached to an aromatic ring is 1. The maximum atomic E-state index is 11.5. The normalized spacial score (nSPS) is 10.9. The highest BCUT2D eigenvalue weighted by atomic mass is 32.2. The fourth-order valence-corrected chi connectivity index (χ4v) is 2.93. The number of hydrogen-bond donors (Lipinski definition) is 3. The molecule has 0 aromatic carbocycles. The third kappa shape index (κ3) is 2.28. The van der Waals surface area contributed by atoms with E-state index in [2.05, 4.69) is 15.3 Å². The predicted octanol–water partition coefficient (Wildman–Crippen LogP) is 0.0685. The van der Waals surface area contributed by atoms with E-state index >= 15 is 0 Å². The molecule has 2 heterocycles. The molecule has 0 amide bonds. The smallest absolute Gasteiger partial charge is 0.343 e. The van der Waals surface area contributed by atoms with Crippen LogP contribution in [0.2, 0.25) is 0 Å². The number of aromatic amines is 1. The molecular weight excluding hydrogens is 266 g/mol. The Kier molecular flexibility index (Phi) is 3.47. The zero-order valence-corrected chi connectivity index (χ0v) is 11.7. The summed E-state index contributed by atoms with van der Waals surface area (Å²) in [6, 6.07) is 0. The van der Waals surface area contributed by atoms with Crippen molar-refractivity contribution in [2.24, 2.45) is 12.8 Å². The van der Waals surface area contributed by atoms with Crippen molar-refractivity contribution in [3.8, 4) is 0 Å². The van der Waals surface area contributed by atoms with E-state index in [-0.39, 0.29) is 11.5 Å². The monoisotopic (exact) mass is 281 g/mol. The van der Waals surface area contributed by atoms with Gasteiger partial charge in [-0.25, -0.2) is 9.89 Å². The minimum Gasteiger partial charge on any atom is -0.384 e. The van der Waals surface area contributed by atoms with E-state index in [0.717, 1.165) is 0 Å². The van der Waals surface area contributed by atoms with Gasteiger partial charge in [-0.05, 0) is 25.6 Å². The minimum absolute atomic E-state index is 0.0472. The lowest BCUT2D eigenvalue weighted by Crippen LogP contribution is -2.16. The van der Waals surface area contributed by atoms with Gasteiger partial charge in [-0.15, -0.1) is 5.10 Å². The molecule has 19 heavy (non-hydrogen) atoms. The van der Waals surface area contributed by atoms with Crippen LogP contribution in [0, 0.1) is 12.3 Å².